The van der Waals surface area contributed by atoms with Crippen LogP contribution in [0.15, 0.2) is 47.3 Å². The molecule has 5 rings (SSSR count). The normalized spacial score (nSPS) is 16.9. The lowest BCUT2D eigenvalue weighted by Crippen LogP contribution is -2.51. The van der Waals surface area contributed by atoms with Crippen molar-refractivity contribution in [1.29, 1.82) is 0 Å². The number of anilines is 1. The predicted octanol–water partition coefficient (Wildman–Crippen LogP) is 4.77. The van der Waals surface area contributed by atoms with Crippen LogP contribution in [0.5, 0.6) is 5.75 Å². The maximum atomic E-state index is 13.3. The Morgan fingerprint density at radius 1 is 1.00 bits per heavy atom. The number of piperidine rings is 1. The summed E-state index contributed by atoms with van der Waals surface area (Å²) in [6.45, 7) is 4.66. The average molecular weight is 470 g/mol. The molecule has 1 aromatic heterocycles. The van der Waals surface area contributed by atoms with Gasteiger partial charge in [0.05, 0.1) is 26.9 Å². The Morgan fingerprint density at radius 2 is 1.72 bits per heavy atom. The van der Waals surface area contributed by atoms with Crippen LogP contribution in [0.25, 0.3) is 5.69 Å². The molecule has 3 aromatic rings. The molecule has 0 aliphatic carbocycles. The van der Waals surface area contributed by atoms with Crippen molar-refractivity contribution in [3.63, 3.8) is 0 Å². The number of rotatable bonds is 2. The first kappa shape index (κ1) is 21.0. The molecular formula is C24H21Cl2N3O3. The Kier molecular flexibility index (Phi) is 5.02. The van der Waals surface area contributed by atoms with Crippen molar-refractivity contribution >= 4 is 34.8 Å². The third-order valence-corrected chi connectivity index (χ3v) is 7.15. The van der Waals surface area contributed by atoms with E-state index in [2.05, 4.69) is 4.90 Å². The van der Waals surface area contributed by atoms with E-state index in [0.29, 0.717) is 70.2 Å². The Hall–Kier alpha value is -2.83. The number of ketones is 1. The Balaban J connectivity index is 1.45. The second kappa shape index (κ2) is 7.64. The first-order chi connectivity index (χ1) is 15.3. The second-order valence-electron chi connectivity index (χ2n) is 8.23. The van der Waals surface area contributed by atoms with Gasteiger partial charge in [-0.2, -0.15) is 0 Å². The summed E-state index contributed by atoms with van der Waals surface area (Å²) in [5.74, 6) is 1.83. The van der Waals surface area contributed by atoms with Gasteiger partial charge in [0.25, 0.3) is 5.56 Å². The van der Waals surface area contributed by atoms with Gasteiger partial charge in [-0.1, -0.05) is 41.4 Å². The minimum absolute atomic E-state index is 0.0413. The summed E-state index contributed by atoms with van der Waals surface area (Å²) in [7, 11) is 0. The van der Waals surface area contributed by atoms with Crippen LogP contribution in [0.4, 0.5) is 5.82 Å². The van der Waals surface area contributed by atoms with Crippen molar-refractivity contribution < 1.29 is 9.53 Å². The molecule has 8 heteroatoms. The van der Waals surface area contributed by atoms with Gasteiger partial charge >= 0.3 is 0 Å². The zero-order valence-electron chi connectivity index (χ0n) is 17.7. The molecule has 3 heterocycles. The fourth-order valence-electron chi connectivity index (χ4n) is 4.61. The highest BCUT2D eigenvalue weighted by Crippen LogP contribution is 2.41. The van der Waals surface area contributed by atoms with E-state index in [0.717, 1.165) is 0 Å². The Labute approximate surface area is 195 Å². The van der Waals surface area contributed by atoms with Crippen molar-refractivity contribution in [3.05, 3.63) is 79.8 Å². The van der Waals surface area contributed by atoms with E-state index in [-0.39, 0.29) is 11.3 Å². The topological polar surface area (TPSA) is 64.4 Å². The van der Waals surface area contributed by atoms with Gasteiger partial charge in [0.1, 0.15) is 17.4 Å². The quantitative estimate of drug-likeness (QED) is 0.540. The number of para-hydroxylation sites is 1. The van der Waals surface area contributed by atoms with Gasteiger partial charge in [-0.3, -0.25) is 14.2 Å². The van der Waals surface area contributed by atoms with Gasteiger partial charge in [0, 0.05) is 25.9 Å². The van der Waals surface area contributed by atoms with E-state index in [4.69, 9.17) is 32.9 Å². The van der Waals surface area contributed by atoms with Crippen molar-refractivity contribution in [3.8, 4) is 11.4 Å². The van der Waals surface area contributed by atoms with Crippen LogP contribution in [0, 0.1) is 13.8 Å². The summed E-state index contributed by atoms with van der Waals surface area (Å²) in [6.07, 6.45) is 1.06. The number of carbonyl (C=O) groups is 1. The molecule has 1 saturated heterocycles. The number of halogens is 2. The van der Waals surface area contributed by atoms with Crippen LogP contribution >= 0.6 is 23.2 Å². The fraction of sp³-hybridized carbons (Fsp3) is 0.292. The zero-order chi connectivity index (χ0) is 22.6. The number of nitrogens with zero attached hydrogens (tertiary/aromatic N) is 3. The molecule has 0 saturated carbocycles. The molecular weight excluding hydrogens is 449 g/mol. The third-order valence-electron chi connectivity index (χ3n) is 6.34. The molecule has 0 atom stereocenters. The molecule has 0 unspecified atom stereocenters. The number of aromatic nitrogens is 2. The molecule has 32 heavy (non-hydrogen) atoms. The number of fused-ring (bicyclic) bond motifs is 1. The van der Waals surface area contributed by atoms with Gasteiger partial charge in [-0.15, -0.1) is 0 Å². The third kappa shape index (κ3) is 3.12. The molecule has 0 bridgehead atoms. The van der Waals surface area contributed by atoms with Gasteiger partial charge in [-0.25, -0.2) is 4.98 Å². The van der Waals surface area contributed by atoms with E-state index < -0.39 is 5.60 Å². The Morgan fingerprint density at radius 3 is 2.44 bits per heavy atom. The van der Waals surface area contributed by atoms with Crippen LogP contribution in [0.2, 0.25) is 10.0 Å². The first-order valence-electron chi connectivity index (χ1n) is 10.4. The number of aryl methyl sites for hydroxylation is 1. The molecule has 0 amide bonds. The molecule has 2 aliphatic heterocycles. The van der Waals surface area contributed by atoms with E-state index in [1.54, 1.807) is 32.0 Å². The highest BCUT2D eigenvalue weighted by Gasteiger charge is 2.49. The van der Waals surface area contributed by atoms with Gasteiger partial charge in [0.15, 0.2) is 5.60 Å². The smallest absolute Gasteiger partial charge is 0.263 e. The molecule has 164 valence electrons. The van der Waals surface area contributed by atoms with E-state index >= 15 is 0 Å². The highest BCUT2D eigenvalue weighted by molar-refractivity contribution is 6.43. The molecule has 0 radical (unpaired) electrons. The summed E-state index contributed by atoms with van der Waals surface area (Å²) >= 11 is 12.5. The van der Waals surface area contributed by atoms with Crippen molar-refractivity contribution in [1.82, 2.24) is 9.55 Å². The van der Waals surface area contributed by atoms with Gasteiger partial charge in [0.2, 0.25) is 5.78 Å². The SMILES string of the molecule is Cc1c(N2CCC3(CC2)Oc2ccccc2C3=O)nc(C)n(-c2cccc(Cl)c2Cl)c1=O. The second-order valence-corrected chi connectivity index (χ2v) is 9.01. The lowest BCUT2D eigenvalue weighted by atomic mass is 9.86. The number of hydrogen-bond acceptors (Lipinski definition) is 5. The van der Waals surface area contributed by atoms with E-state index in [1.165, 1.54) is 4.57 Å². The lowest BCUT2D eigenvalue weighted by molar-refractivity contribution is 0.0454. The van der Waals surface area contributed by atoms with Crippen LogP contribution in [0.3, 0.4) is 0 Å². The van der Waals surface area contributed by atoms with Crippen LogP contribution < -0.4 is 15.2 Å². The van der Waals surface area contributed by atoms with E-state index in [1.807, 2.05) is 24.3 Å². The maximum Gasteiger partial charge on any atom is 0.263 e. The number of ether oxygens (including phenoxy) is 1. The molecule has 2 aliphatic rings. The number of benzene rings is 2. The molecule has 6 nitrogen and oxygen atoms in total. The van der Waals surface area contributed by atoms with Crippen molar-refractivity contribution in [2.75, 3.05) is 18.0 Å². The highest BCUT2D eigenvalue weighted by atomic mass is 35.5. The number of Topliss-reactive ketones (excluding diaryl/α,β-unsaturated/α-hetero) is 1. The molecule has 1 spiro atoms. The summed E-state index contributed by atoms with van der Waals surface area (Å²) in [5, 5.41) is 0.686. The summed E-state index contributed by atoms with van der Waals surface area (Å²) < 4.78 is 7.61. The monoisotopic (exact) mass is 469 g/mol. The maximum absolute atomic E-state index is 13.3. The minimum Gasteiger partial charge on any atom is -0.478 e. The first-order valence-corrected chi connectivity index (χ1v) is 11.2. The van der Waals surface area contributed by atoms with Crippen LogP contribution in [0.1, 0.15) is 34.6 Å². The summed E-state index contributed by atoms with van der Waals surface area (Å²) in [6, 6.07) is 12.5. The van der Waals surface area contributed by atoms with E-state index in [9.17, 15) is 9.59 Å². The predicted molar refractivity (Wildman–Crippen MR) is 125 cm³/mol. The Bertz CT molecular complexity index is 1310. The largest absolute Gasteiger partial charge is 0.478 e. The van der Waals surface area contributed by atoms with Crippen molar-refractivity contribution in [2.24, 2.45) is 0 Å². The van der Waals surface area contributed by atoms with Crippen LogP contribution in [-0.2, 0) is 0 Å². The fourth-order valence-corrected chi connectivity index (χ4v) is 4.99. The summed E-state index contributed by atoms with van der Waals surface area (Å²) in [5.41, 5.74) is 0.644. The number of carbonyl (C=O) groups excluding carboxylic acids is 1. The molecule has 0 N–H and O–H groups in total. The average Bonchev–Trinajstić information content (AvgIpc) is 3.06. The summed E-state index contributed by atoms with van der Waals surface area (Å²) in [4.78, 5) is 33.1. The minimum atomic E-state index is -0.827. The van der Waals surface area contributed by atoms with Gasteiger partial charge in [-0.05, 0) is 38.1 Å². The standard InChI is InChI=1S/C24H21Cl2N3O3/c1-14-22(27-15(2)29(23(14)31)18-8-5-7-17(25)20(18)26)28-12-10-24(11-13-28)21(30)16-6-3-4-9-19(16)32-24/h3-9H,10-13H2,1-2H3. The van der Waals surface area contributed by atoms with Crippen LogP contribution in [-0.4, -0.2) is 34.0 Å². The zero-order valence-corrected chi connectivity index (χ0v) is 19.2. The molecule has 1 fully saturated rings. The lowest BCUT2D eigenvalue weighted by Gasteiger charge is -2.38. The number of hydrogen-bond donors (Lipinski definition) is 0. The van der Waals surface area contributed by atoms with Crippen molar-refractivity contribution in [2.45, 2.75) is 32.3 Å². The molecule has 2 aromatic carbocycles. The van der Waals surface area contributed by atoms with Gasteiger partial charge < -0.3 is 9.64 Å².